The Morgan fingerprint density at radius 1 is 1.32 bits per heavy atom. The van der Waals surface area contributed by atoms with Crippen molar-refractivity contribution in [3.05, 3.63) is 15.6 Å². The predicted octanol–water partition coefficient (Wildman–Crippen LogP) is 1.12. The van der Waals surface area contributed by atoms with Crippen molar-refractivity contribution in [1.82, 2.24) is 19.1 Å². The van der Waals surface area contributed by atoms with Gasteiger partial charge < -0.3 is 19.9 Å². The number of fused-ring (bicyclic) bond motifs is 1. The molecule has 2 aromatic rings. The van der Waals surface area contributed by atoms with Gasteiger partial charge in [-0.3, -0.25) is 14.2 Å². The van der Waals surface area contributed by atoms with Crippen molar-refractivity contribution in [3.63, 3.8) is 0 Å². The van der Waals surface area contributed by atoms with Gasteiger partial charge in [-0.15, -0.1) is 6.42 Å². The Kier molecular flexibility index (Phi) is 6.76. The number of hydrogen-bond acceptors (Lipinski definition) is 9. The molecule has 0 aliphatic carbocycles. The van der Waals surface area contributed by atoms with Crippen molar-refractivity contribution in [3.8, 4) is 12.3 Å². The number of anilines is 1. The van der Waals surface area contributed by atoms with Gasteiger partial charge in [0.2, 0.25) is 12.1 Å². The minimum Gasteiger partial charge on any atom is -0.454 e. The molecule has 3 rings (SSSR count). The van der Waals surface area contributed by atoms with Gasteiger partial charge in [0.05, 0.1) is 6.54 Å². The van der Waals surface area contributed by atoms with Gasteiger partial charge in [0, 0.05) is 13.8 Å². The summed E-state index contributed by atoms with van der Waals surface area (Å²) in [6.07, 6.45) is -12.4. The molecule has 0 unspecified atom stereocenters. The Morgan fingerprint density at radius 3 is 2.50 bits per heavy atom. The molecule has 3 heterocycles. The molecule has 0 saturated carbocycles. The molecule has 1 aliphatic rings. The Hall–Kier alpha value is -3.38. The maximum atomic E-state index is 15.3. The van der Waals surface area contributed by atoms with Gasteiger partial charge in [-0.25, -0.2) is 13.8 Å². The number of carbonyl (C=O) groups excluding carboxylic acids is 2. The lowest BCUT2D eigenvalue weighted by molar-refractivity contribution is -0.252. The van der Waals surface area contributed by atoms with Gasteiger partial charge in [0.15, 0.2) is 29.3 Å². The van der Waals surface area contributed by atoms with E-state index in [1.807, 2.05) is 0 Å². The quantitative estimate of drug-likeness (QED) is 0.272. The van der Waals surface area contributed by atoms with Crippen molar-refractivity contribution >= 4 is 40.7 Å². The molecule has 0 spiro atoms. The Balaban J connectivity index is 2.24. The maximum Gasteiger partial charge on any atom is 0.428 e. The molecule has 2 aromatic heterocycles. The number of hydrogen-bond donors (Lipinski definition) is 1. The third kappa shape index (κ3) is 4.50. The number of nitrogens with zero attached hydrogens (tertiary/aromatic N) is 4. The van der Waals surface area contributed by atoms with Crippen LogP contribution in [0.3, 0.4) is 0 Å². The van der Waals surface area contributed by atoms with Gasteiger partial charge in [-0.1, -0.05) is 17.5 Å². The Morgan fingerprint density at radius 2 is 1.97 bits per heavy atom. The molecule has 5 atom stereocenters. The first-order valence-electron chi connectivity index (χ1n) is 9.35. The Bertz CT molecular complexity index is 1240. The first kappa shape index (κ1) is 25.2. The molecule has 11 nitrogen and oxygen atoms in total. The number of halogens is 5. The van der Waals surface area contributed by atoms with Crippen LogP contribution >= 0.6 is 11.6 Å². The highest BCUT2D eigenvalue weighted by Crippen LogP contribution is 2.41. The number of ether oxygens (including phenoxy) is 3. The lowest BCUT2D eigenvalue weighted by Crippen LogP contribution is -2.47. The third-order valence-corrected chi connectivity index (χ3v) is 4.96. The standard InChI is InChI=1S/C18H16ClF4N5O6/c1-4-5-27-9-13(19)25-16(24)26-14(9)28(17(27)31)15-11(32-6(2)29)8(20)10(34-15)12(18(21,22)23)33-7(3)30/h1,8,10-12,15H,5H2,2-3H3,(H2,24,25,26)/t8-,10-,11+,12+,15+/m0/s1. The number of terminal acetylenes is 1. The number of nitrogens with two attached hydrogens (primary N) is 1. The predicted molar refractivity (Wildman–Crippen MR) is 106 cm³/mol. The lowest BCUT2D eigenvalue weighted by Gasteiger charge is -2.26. The van der Waals surface area contributed by atoms with E-state index in [1.54, 1.807) is 0 Å². The van der Waals surface area contributed by atoms with Crippen molar-refractivity contribution in [2.45, 2.75) is 57.3 Å². The molecule has 0 bridgehead atoms. The number of imidazole rings is 1. The number of aromatic nitrogens is 4. The average Bonchev–Trinajstić information content (AvgIpc) is 3.13. The zero-order valence-electron chi connectivity index (χ0n) is 17.4. The van der Waals surface area contributed by atoms with Crippen LogP contribution in [0.25, 0.3) is 11.2 Å². The molecule has 0 radical (unpaired) electrons. The zero-order chi connectivity index (χ0) is 25.5. The monoisotopic (exact) mass is 509 g/mol. The Labute approximate surface area is 192 Å². The fraction of sp³-hybridized carbons (Fsp3) is 0.500. The molecule has 184 valence electrons. The summed E-state index contributed by atoms with van der Waals surface area (Å²) >= 11 is 6.06. The molecule has 1 aliphatic heterocycles. The summed E-state index contributed by atoms with van der Waals surface area (Å²) in [5.74, 6) is -0.723. The van der Waals surface area contributed by atoms with Crippen LogP contribution < -0.4 is 11.4 Å². The summed E-state index contributed by atoms with van der Waals surface area (Å²) < 4.78 is 71.9. The fourth-order valence-corrected chi connectivity index (χ4v) is 3.81. The largest absolute Gasteiger partial charge is 0.454 e. The van der Waals surface area contributed by atoms with Gasteiger partial charge in [0.1, 0.15) is 11.6 Å². The summed E-state index contributed by atoms with van der Waals surface area (Å²) in [5, 5.41) is -0.336. The van der Waals surface area contributed by atoms with Gasteiger partial charge in [-0.05, 0) is 0 Å². The van der Waals surface area contributed by atoms with Crippen LogP contribution in [0.2, 0.25) is 5.15 Å². The van der Waals surface area contributed by atoms with Gasteiger partial charge >= 0.3 is 23.8 Å². The normalized spacial score (nSPS) is 23.5. The first-order chi connectivity index (χ1) is 15.8. The summed E-state index contributed by atoms with van der Waals surface area (Å²) in [6.45, 7) is 1.16. The van der Waals surface area contributed by atoms with Gasteiger partial charge in [0.25, 0.3) is 0 Å². The van der Waals surface area contributed by atoms with E-state index in [4.69, 9.17) is 33.2 Å². The first-order valence-corrected chi connectivity index (χ1v) is 9.73. The smallest absolute Gasteiger partial charge is 0.428 e. The SMILES string of the molecule is C#CCn1c(=O)n([C@@H]2O[C@H]([C@@H](OC(C)=O)C(F)(F)F)[C@H](F)[C@H]2OC(C)=O)c2nc(N)nc(Cl)c21. The highest BCUT2D eigenvalue weighted by molar-refractivity contribution is 6.33. The van der Waals surface area contributed by atoms with Crippen LogP contribution in [0.4, 0.5) is 23.5 Å². The molecular formula is C18H16ClF4N5O6. The molecule has 1 saturated heterocycles. The van der Waals surface area contributed by atoms with Crippen LogP contribution in [0, 0.1) is 12.3 Å². The van der Waals surface area contributed by atoms with E-state index < -0.39 is 60.5 Å². The number of alkyl halides is 4. The second-order valence-electron chi connectivity index (χ2n) is 7.07. The minimum atomic E-state index is -5.27. The van der Waals surface area contributed by atoms with Crippen LogP contribution in [-0.2, 0) is 30.3 Å². The fourth-order valence-electron chi connectivity index (χ4n) is 3.53. The summed E-state index contributed by atoms with van der Waals surface area (Å²) in [4.78, 5) is 43.5. The summed E-state index contributed by atoms with van der Waals surface area (Å²) in [6, 6.07) is 0. The van der Waals surface area contributed by atoms with E-state index in [-0.39, 0.29) is 22.9 Å². The van der Waals surface area contributed by atoms with E-state index in [0.29, 0.717) is 11.5 Å². The topological polar surface area (TPSA) is 141 Å². The average molecular weight is 510 g/mol. The number of rotatable bonds is 5. The van der Waals surface area contributed by atoms with E-state index in [9.17, 15) is 27.6 Å². The number of nitrogen functional groups attached to an aromatic ring is 1. The number of carbonyl (C=O) groups is 2. The molecular weight excluding hydrogens is 494 g/mol. The van der Waals surface area contributed by atoms with E-state index >= 15 is 4.39 Å². The van der Waals surface area contributed by atoms with E-state index in [1.165, 1.54) is 0 Å². The molecule has 0 aromatic carbocycles. The summed E-state index contributed by atoms with van der Waals surface area (Å²) in [5.41, 5.74) is 3.99. The zero-order valence-corrected chi connectivity index (χ0v) is 18.1. The van der Waals surface area contributed by atoms with Crippen molar-refractivity contribution in [2.24, 2.45) is 0 Å². The van der Waals surface area contributed by atoms with Crippen LogP contribution in [-0.4, -0.2) is 61.7 Å². The molecule has 0 amide bonds. The third-order valence-electron chi connectivity index (χ3n) is 4.70. The van der Waals surface area contributed by atoms with Crippen LogP contribution in [0.15, 0.2) is 4.79 Å². The second-order valence-corrected chi connectivity index (χ2v) is 7.43. The van der Waals surface area contributed by atoms with Gasteiger partial charge in [-0.2, -0.15) is 23.1 Å². The lowest BCUT2D eigenvalue weighted by atomic mass is 10.1. The molecule has 16 heteroatoms. The minimum absolute atomic E-state index is 0.171. The molecule has 34 heavy (non-hydrogen) atoms. The van der Waals surface area contributed by atoms with E-state index in [0.717, 1.165) is 11.5 Å². The van der Waals surface area contributed by atoms with Crippen molar-refractivity contribution < 1.29 is 41.4 Å². The van der Waals surface area contributed by atoms with Crippen molar-refractivity contribution in [2.75, 3.05) is 5.73 Å². The highest BCUT2D eigenvalue weighted by Gasteiger charge is 2.60. The second kappa shape index (κ2) is 9.11. The van der Waals surface area contributed by atoms with Crippen LogP contribution in [0.1, 0.15) is 20.1 Å². The summed E-state index contributed by atoms with van der Waals surface area (Å²) in [7, 11) is 0. The van der Waals surface area contributed by atoms with Crippen molar-refractivity contribution in [1.29, 1.82) is 0 Å². The van der Waals surface area contributed by atoms with E-state index in [2.05, 4.69) is 20.6 Å². The van der Waals surface area contributed by atoms with Crippen LogP contribution in [0.5, 0.6) is 0 Å². The number of esters is 2. The maximum absolute atomic E-state index is 15.3. The molecule has 1 fully saturated rings. The highest BCUT2D eigenvalue weighted by atomic mass is 35.5. The molecule has 2 N–H and O–H groups in total.